The zero-order valence-corrected chi connectivity index (χ0v) is 20.8. The van der Waals surface area contributed by atoms with E-state index in [1.807, 2.05) is 36.1 Å². The van der Waals surface area contributed by atoms with Crippen LogP contribution < -0.4 is 15.5 Å². The predicted octanol–water partition coefficient (Wildman–Crippen LogP) is 3.44. The van der Waals surface area contributed by atoms with Crippen molar-refractivity contribution in [1.29, 1.82) is 0 Å². The minimum Gasteiger partial charge on any atom is -0.478 e. The Morgan fingerprint density at radius 1 is 0.868 bits per heavy atom. The van der Waals surface area contributed by atoms with Crippen molar-refractivity contribution in [3.8, 4) is 0 Å². The van der Waals surface area contributed by atoms with Crippen molar-refractivity contribution < 1.29 is 42.6 Å². The van der Waals surface area contributed by atoms with Crippen molar-refractivity contribution >= 4 is 40.8 Å². The van der Waals surface area contributed by atoms with Crippen LogP contribution in [0.15, 0.2) is 42.5 Å². The maximum absolute atomic E-state index is 12.3. The molecule has 0 atom stereocenters. The van der Waals surface area contributed by atoms with Gasteiger partial charge in [-0.2, -0.15) is 13.2 Å². The lowest BCUT2D eigenvalue weighted by Gasteiger charge is -2.36. The molecular weight excluding hydrogens is 509 g/mol. The molecule has 1 aliphatic heterocycles. The average Bonchev–Trinajstić information content (AvgIpc) is 2.85. The summed E-state index contributed by atoms with van der Waals surface area (Å²) in [5.41, 5.74) is 3.15. The summed E-state index contributed by atoms with van der Waals surface area (Å²) in [5.74, 6) is -4.03. The summed E-state index contributed by atoms with van der Waals surface area (Å²) in [4.78, 5) is 48.7. The van der Waals surface area contributed by atoms with Gasteiger partial charge in [0.1, 0.15) is 0 Å². The zero-order chi connectivity index (χ0) is 28.5. The lowest BCUT2D eigenvalue weighted by atomic mass is 10.1. The lowest BCUT2D eigenvalue weighted by Crippen LogP contribution is -2.49. The summed E-state index contributed by atoms with van der Waals surface area (Å²) < 4.78 is 31.7. The van der Waals surface area contributed by atoms with Gasteiger partial charge in [0.25, 0.3) is 0 Å². The molecule has 2 aromatic rings. The fraction of sp³-hybridized carbons (Fsp3) is 0.360. The number of piperazine rings is 1. The average molecular weight is 539 g/mol. The van der Waals surface area contributed by atoms with Crippen molar-refractivity contribution in [2.75, 3.05) is 48.3 Å². The molecule has 0 bridgehead atoms. The van der Waals surface area contributed by atoms with Crippen LogP contribution >= 0.6 is 0 Å². The molecule has 10 nitrogen and oxygen atoms in total. The van der Waals surface area contributed by atoms with E-state index in [1.165, 1.54) is 6.07 Å². The number of rotatable bonds is 7. The van der Waals surface area contributed by atoms with E-state index in [2.05, 4.69) is 15.5 Å². The summed E-state index contributed by atoms with van der Waals surface area (Å²) in [7, 11) is 0. The monoisotopic (exact) mass is 538 g/mol. The van der Waals surface area contributed by atoms with Gasteiger partial charge in [0.2, 0.25) is 11.8 Å². The first-order chi connectivity index (χ1) is 17.8. The number of hydrogen-bond acceptors (Lipinski definition) is 6. The van der Waals surface area contributed by atoms with Gasteiger partial charge in [0.05, 0.1) is 17.8 Å². The van der Waals surface area contributed by atoms with E-state index >= 15 is 0 Å². The van der Waals surface area contributed by atoms with Gasteiger partial charge in [-0.25, -0.2) is 9.59 Å². The van der Waals surface area contributed by atoms with Gasteiger partial charge in [-0.1, -0.05) is 24.6 Å². The number of benzene rings is 2. The van der Waals surface area contributed by atoms with Gasteiger partial charge >= 0.3 is 18.1 Å². The molecule has 2 aromatic carbocycles. The molecule has 1 fully saturated rings. The van der Waals surface area contributed by atoms with Crippen LogP contribution in [0, 0.1) is 6.92 Å². The number of aromatic carboxylic acids is 1. The number of nitrogens with zero attached hydrogens (tertiary/aromatic N) is 2. The van der Waals surface area contributed by atoms with Gasteiger partial charge in [0.15, 0.2) is 0 Å². The molecule has 0 aromatic heterocycles. The number of alkyl halides is 3. The molecule has 4 N–H and O–H groups in total. The van der Waals surface area contributed by atoms with E-state index < -0.39 is 18.1 Å². The van der Waals surface area contributed by atoms with Crippen LogP contribution in [0.4, 0.5) is 30.2 Å². The number of hydrogen-bond donors (Lipinski definition) is 4. The van der Waals surface area contributed by atoms with E-state index in [1.54, 1.807) is 19.1 Å². The Balaban J connectivity index is 0.000000638. The van der Waals surface area contributed by atoms with Gasteiger partial charge in [0, 0.05) is 44.0 Å². The first-order valence-electron chi connectivity index (χ1n) is 11.6. The van der Waals surface area contributed by atoms with Crippen LogP contribution in [0.2, 0.25) is 0 Å². The van der Waals surface area contributed by atoms with Crippen molar-refractivity contribution in [2.45, 2.75) is 26.4 Å². The Morgan fingerprint density at radius 3 is 1.89 bits per heavy atom. The largest absolute Gasteiger partial charge is 0.490 e. The Morgan fingerprint density at radius 2 is 1.39 bits per heavy atom. The number of halogens is 3. The highest BCUT2D eigenvalue weighted by Crippen LogP contribution is 2.26. The lowest BCUT2D eigenvalue weighted by molar-refractivity contribution is -0.192. The quantitative estimate of drug-likeness (QED) is 0.421. The van der Waals surface area contributed by atoms with Gasteiger partial charge in [-0.15, -0.1) is 0 Å². The number of carboxylic acid groups (broad SMARTS) is 2. The number of aryl methyl sites for hydroxylation is 1. The fourth-order valence-electron chi connectivity index (χ4n) is 3.50. The van der Waals surface area contributed by atoms with Gasteiger partial charge in [-0.05, 0) is 37.3 Å². The van der Waals surface area contributed by atoms with Crippen molar-refractivity contribution in [3.05, 3.63) is 53.6 Å². The molecule has 0 aliphatic carbocycles. The number of carboxylic acids is 2. The zero-order valence-electron chi connectivity index (χ0n) is 20.8. The van der Waals surface area contributed by atoms with E-state index in [0.29, 0.717) is 44.0 Å². The number of aliphatic carboxylic acids is 1. The Labute approximate surface area is 217 Å². The smallest absolute Gasteiger partial charge is 0.478 e. The van der Waals surface area contributed by atoms with Crippen LogP contribution in [0.25, 0.3) is 0 Å². The Bertz CT molecular complexity index is 1150. The summed E-state index contributed by atoms with van der Waals surface area (Å²) in [6, 6.07) is 12.6. The molecule has 13 heteroatoms. The normalized spacial score (nSPS) is 13.7. The standard InChI is InChI=1S/C23H28N4O4.C2HF3O2/c1-3-21(28)25-18-8-9-20(19(14-18)23(30)31)27-12-10-26(11-13-27)15-22(29)24-17-6-4-16(2)5-7-17;3-2(4,5)1(6)7/h4-9,14H,3,10-13,15H2,1-2H3,(H,24,29)(H,25,28)(H,30,31);(H,6,7). The molecule has 1 saturated heterocycles. The SMILES string of the molecule is CCC(=O)Nc1ccc(N2CCN(CC(=O)Nc3ccc(C)cc3)CC2)c(C(=O)O)c1.O=C(O)C(F)(F)F. The van der Waals surface area contributed by atoms with Crippen LogP contribution in [-0.4, -0.2) is 77.8 Å². The van der Waals surface area contributed by atoms with Crippen LogP contribution in [0.1, 0.15) is 29.3 Å². The molecule has 2 amide bonds. The topological polar surface area (TPSA) is 139 Å². The number of anilines is 3. The second-order valence-corrected chi connectivity index (χ2v) is 8.42. The number of nitrogens with one attached hydrogen (secondary N) is 2. The van der Waals surface area contributed by atoms with Crippen LogP contribution in [-0.2, 0) is 14.4 Å². The molecule has 1 aliphatic rings. The van der Waals surface area contributed by atoms with E-state index in [-0.39, 0.29) is 23.9 Å². The fourth-order valence-corrected chi connectivity index (χ4v) is 3.50. The molecule has 1 heterocycles. The van der Waals surface area contributed by atoms with Crippen LogP contribution in [0.5, 0.6) is 0 Å². The summed E-state index contributed by atoms with van der Waals surface area (Å²) in [6.07, 6.45) is -4.76. The van der Waals surface area contributed by atoms with E-state index in [4.69, 9.17) is 9.90 Å². The molecule has 3 rings (SSSR count). The van der Waals surface area contributed by atoms with Gasteiger partial charge < -0.3 is 25.7 Å². The first-order valence-corrected chi connectivity index (χ1v) is 11.6. The maximum atomic E-state index is 12.3. The predicted molar refractivity (Wildman–Crippen MR) is 134 cm³/mol. The van der Waals surface area contributed by atoms with Crippen molar-refractivity contribution in [2.24, 2.45) is 0 Å². The summed E-state index contributed by atoms with van der Waals surface area (Å²) in [6.45, 7) is 6.54. The second-order valence-electron chi connectivity index (χ2n) is 8.42. The molecule has 0 radical (unpaired) electrons. The highest BCUT2D eigenvalue weighted by atomic mass is 19.4. The summed E-state index contributed by atoms with van der Waals surface area (Å²) >= 11 is 0. The van der Waals surface area contributed by atoms with E-state index in [0.717, 1.165) is 11.3 Å². The third-order valence-electron chi connectivity index (χ3n) is 5.49. The number of carbonyl (C=O) groups excluding carboxylic acids is 2. The highest BCUT2D eigenvalue weighted by molar-refractivity contribution is 5.98. The second kappa shape index (κ2) is 13.4. The first kappa shape index (κ1) is 30.1. The molecular formula is C25H29F3N4O6. The molecule has 0 spiro atoms. The van der Waals surface area contributed by atoms with Crippen molar-refractivity contribution in [3.63, 3.8) is 0 Å². The summed E-state index contributed by atoms with van der Waals surface area (Å²) in [5, 5.41) is 22.4. The van der Waals surface area contributed by atoms with Crippen molar-refractivity contribution in [1.82, 2.24) is 4.90 Å². The molecule has 0 saturated carbocycles. The minimum atomic E-state index is -5.08. The third-order valence-corrected chi connectivity index (χ3v) is 5.49. The Hall–Kier alpha value is -4.13. The highest BCUT2D eigenvalue weighted by Gasteiger charge is 2.38. The molecule has 0 unspecified atom stereocenters. The number of amides is 2. The van der Waals surface area contributed by atoms with Gasteiger partial charge in [-0.3, -0.25) is 14.5 Å². The van der Waals surface area contributed by atoms with Crippen LogP contribution in [0.3, 0.4) is 0 Å². The third kappa shape index (κ3) is 9.39. The Kier molecular flexibility index (Phi) is 10.6. The van der Waals surface area contributed by atoms with E-state index in [9.17, 15) is 32.7 Å². The number of carbonyl (C=O) groups is 4. The minimum absolute atomic E-state index is 0.0699. The molecule has 206 valence electrons. The molecule has 38 heavy (non-hydrogen) atoms. The maximum Gasteiger partial charge on any atom is 0.490 e.